The van der Waals surface area contributed by atoms with Gasteiger partial charge in [-0.05, 0) is 25.1 Å². The summed E-state index contributed by atoms with van der Waals surface area (Å²) in [5.41, 5.74) is 0.578. The molecule has 0 aromatic heterocycles. The van der Waals surface area contributed by atoms with Gasteiger partial charge in [0.25, 0.3) is 5.91 Å². The second kappa shape index (κ2) is 6.35. The second-order valence-electron chi connectivity index (χ2n) is 4.56. The van der Waals surface area contributed by atoms with E-state index in [0.717, 1.165) is 17.7 Å². The molecule has 0 fully saturated rings. The molecule has 0 aliphatic rings. The monoisotopic (exact) mass is 291 g/mol. The largest absolute Gasteiger partial charge is 0.496 e. The fourth-order valence-electron chi connectivity index (χ4n) is 2.05. The molecule has 0 aliphatic heterocycles. The highest BCUT2D eigenvalue weighted by Crippen LogP contribution is 2.24. The number of carbonyl (C=O) groups excluding carboxylic acids is 1. The number of amides is 1. The van der Waals surface area contributed by atoms with Crippen molar-refractivity contribution in [1.29, 1.82) is 0 Å². The zero-order chi connectivity index (χ0) is 15.4. The number of carbonyl (C=O) groups is 1. The Labute approximate surface area is 121 Å². The van der Waals surface area contributed by atoms with E-state index in [4.69, 9.17) is 4.74 Å². The maximum atomic E-state index is 13.6. The van der Waals surface area contributed by atoms with Crippen molar-refractivity contribution in [2.24, 2.45) is 0 Å². The van der Waals surface area contributed by atoms with Gasteiger partial charge >= 0.3 is 0 Å². The van der Waals surface area contributed by atoms with E-state index in [1.54, 1.807) is 13.0 Å². The van der Waals surface area contributed by atoms with Crippen molar-refractivity contribution < 1.29 is 18.3 Å². The molecular weight excluding hydrogens is 276 g/mol. The smallest absolute Gasteiger partial charge is 0.254 e. The van der Waals surface area contributed by atoms with E-state index >= 15 is 0 Å². The van der Waals surface area contributed by atoms with Crippen molar-refractivity contribution in [2.45, 2.75) is 13.0 Å². The minimum absolute atomic E-state index is 0.196. The number of halogens is 2. The number of methoxy groups -OCH3 is 1. The van der Waals surface area contributed by atoms with Crippen LogP contribution in [0.5, 0.6) is 5.75 Å². The van der Waals surface area contributed by atoms with Crippen LogP contribution < -0.4 is 10.1 Å². The highest BCUT2D eigenvalue weighted by Gasteiger charge is 2.17. The fraction of sp³-hybridized carbons (Fsp3) is 0.188. The van der Waals surface area contributed by atoms with Gasteiger partial charge in [-0.15, -0.1) is 0 Å². The average molecular weight is 291 g/mol. The molecule has 2 rings (SSSR count). The molecule has 0 bridgehead atoms. The zero-order valence-electron chi connectivity index (χ0n) is 11.7. The molecule has 2 aromatic rings. The Bertz CT molecular complexity index is 658. The van der Waals surface area contributed by atoms with E-state index in [1.807, 2.05) is 18.2 Å². The molecule has 1 N–H and O–H groups in total. The third kappa shape index (κ3) is 3.37. The first-order valence-corrected chi connectivity index (χ1v) is 6.41. The van der Waals surface area contributed by atoms with E-state index in [0.29, 0.717) is 11.8 Å². The van der Waals surface area contributed by atoms with Gasteiger partial charge in [-0.25, -0.2) is 8.78 Å². The minimum atomic E-state index is -0.889. The van der Waals surface area contributed by atoms with Crippen LogP contribution in [0, 0.1) is 11.6 Å². The third-order valence-electron chi connectivity index (χ3n) is 3.13. The van der Waals surface area contributed by atoms with Crippen LogP contribution >= 0.6 is 0 Å². The summed E-state index contributed by atoms with van der Waals surface area (Å²) in [6.45, 7) is 1.76. The van der Waals surface area contributed by atoms with Gasteiger partial charge in [-0.3, -0.25) is 4.79 Å². The maximum Gasteiger partial charge on any atom is 0.254 e. The molecule has 2 aromatic carbocycles. The first kappa shape index (κ1) is 15.0. The summed E-state index contributed by atoms with van der Waals surface area (Å²) in [5.74, 6) is -1.59. The van der Waals surface area contributed by atoms with Crippen LogP contribution in [0.4, 0.5) is 8.78 Å². The summed E-state index contributed by atoms with van der Waals surface area (Å²) < 4.78 is 31.6. The fourth-order valence-corrected chi connectivity index (χ4v) is 2.05. The molecule has 0 spiro atoms. The Hall–Kier alpha value is -2.43. The third-order valence-corrected chi connectivity index (χ3v) is 3.13. The first-order valence-electron chi connectivity index (χ1n) is 6.41. The summed E-state index contributed by atoms with van der Waals surface area (Å²) in [6.07, 6.45) is 0. The van der Waals surface area contributed by atoms with E-state index < -0.39 is 17.5 Å². The van der Waals surface area contributed by atoms with Gasteiger partial charge in [0.05, 0.1) is 18.7 Å². The predicted octanol–water partition coefficient (Wildman–Crippen LogP) is 3.46. The number of hydrogen-bond donors (Lipinski definition) is 1. The number of nitrogens with one attached hydrogen (secondary N) is 1. The Morgan fingerprint density at radius 2 is 1.90 bits per heavy atom. The van der Waals surface area contributed by atoms with Gasteiger partial charge in [-0.1, -0.05) is 18.2 Å². The average Bonchev–Trinajstić information content (AvgIpc) is 2.46. The Morgan fingerprint density at radius 1 is 1.19 bits per heavy atom. The maximum absolute atomic E-state index is 13.6. The molecular formula is C16H15F2NO2. The standard InChI is InChI=1S/C16H15F2NO2/c1-10(12-5-3-4-6-15(12)21-2)19-16(20)13-8-7-11(17)9-14(13)18/h3-10H,1-2H3,(H,19,20)/t10-/m1/s1. The van der Waals surface area contributed by atoms with E-state index in [-0.39, 0.29) is 11.6 Å². The molecule has 0 heterocycles. The summed E-state index contributed by atoms with van der Waals surface area (Å²) >= 11 is 0. The Kier molecular flexibility index (Phi) is 4.52. The minimum Gasteiger partial charge on any atom is -0.496 e. The molecule has 0 unspecified atom stereocenters. The highest BCUT2D eigenvalue weighted by molar-refractivity contribution is 5.94. The molecule has 21 heavy (non-hydrogen) atoms. The van der Waals surface area contributed by atoms with Crippen molar-refractivity contribution >= 4 is 5.91 Å². The predicted molar refractivity (Wildman–Crippen MR) is 75.2 cm³/mol. The molecule has 1 amide bonds. The van der Waals surface area contributed by atoms with Crippen molar-refractivity contribution in [3.8, 4) is 5.75 Å². The second-order valence-corrected chi connectivity index (χ2v) is 4.56. The lowest BCUT2D eigenvalue weighted by molar-refractivity contribution is 0.0935. The summed E-state index contributed by atoms with van der Waals surface area (Å²) in [4.78, 5) is 12.0. The van der Waals surface area contributed by atoms with Gasteiger partial charge in [-0.2, -0.15) is 0 Å². The van der Waals surface area contributed by atoms with Crippen molar-refractivity contribution in [2.75, 3.05) is 7.11 Å². The number of rotatable bonds is 4. The zero-order valence-corrected chi connectivity index (χ0v) is 11.7. The Balaban J connectivity index is 2.19. The van der Waals surface area contributed by atoms with Crippen LogP contribution in [0.2, 0.25) is 0 Å². The molecule has 0 aliphatic carbocycles. The van der Waals surface area contributed by atoms with Crippen molar-refractivity contribution in [1.82, 2.24) is 5.32 Å². The lowest BCUT2D eigenvalue weighted by Gasteiger charge is -2.17. The van der Waals surface area contributed by atoms with Crippen molar-refractivity contribution in [3.63, 3.8) is 0 Å². The molecule has 3 nitrogen and oxygen atoms in total. The number of hydrogen-bond acceptors (Lipinski definition) is 2. The van der Waals surface area contributed by atoms with E-state index in [9.17, 15) is 13.6 Å². The quantitative estimate of drug-likeness (QED) is 0.936. The van der Waals surface area contributed by atoms with Crippen LogP contribution in [-0.2, 0) is 0 Å². The summed E-state index contributed by atoms with van der Waals surface area (Å²) in [5, 5.41) is 2.67. The van der Waals surface area contributed by atoms with E-state index in [1.165, 1.54) is 7.11 Å². The lowest BCUT2D eigenvalue weighted by Crippen LogP contribution is -2.27. The molecule has 0 saturated carbocycles. The van der Waals surface area contributed by atoms with Crippen LogP contribution in [-0.4, -0.2) is 13.0 Å². The number of para-hydroxylation sites is 1. The van der Waals surface area contributed by atoms with Crippen LogP contribution in [0.25, 0.3) is 0 Å². The molecule has 110 valence electrons. The summed E-state index contributed by atoms with van der Waals surface area (Å²) in [6, 6.07) is 9.69. The molecule has 0 saturated heterocycles. The van der Waals surface area contributed by atoms with Gasteiger partial charge < -0.3 is 10.1 Å². The molecule has 5 heteroatoms. The van der Waals surface area contributed by atoms with Gasteiger partial charge in [0.15, 0.2) is 0 Å². The molecule has 1 atom stereocenters. The van der Waals surface area contributed by atoms with Gasteiger partial charge in [0.1, 0.15) is 17.4 Å². The molecule has 0 radical (unpaired) electrons. The highest BCUT2D eigenvalue weighted by atomic mass is 19.1. The lowest BCUT2D eigenvalue weighted by atomic mass is 10.1. The van der Waals surface area contributed by atoms with Crippen LogP contribution in [0.15, 0.2) is 42.5 Å². The SMILES string of the molecule is COc1ccccc1[C@@H](C)NC(=O)c1ccc(F)cc1F. The topological polar surface area (TPSA) is 38.3 Å². The van der Waals surface area contributed by atoms with E-state index in [2.05, 4.69) is 5.32 Å². The summed E-state index contributed by atoms with van der Waals surface area (Å²) in [7, 11) is 1.53. The van der Waals surface area contributed by atoms with Crippen molar-refractivity contribution in [3.05, 3.63) is 65.2 Å². The first-order chi connectivity index (χ1) is 10.0. The number of ether oxygens (including phenoxy) is 1. The Morgan fingerprint density at radius 3 is 2.57 bits per heavy atom. The van der Waals surface area contributed by atoms with Crippen LogP contribution in [0.3, 0.4) is 0 Å². The van der Waals surface area contributed by atoms with Gasteiger partial charge in [0.2, 0.25) is 0 Å². The van der Waals surface area contributed by atoms with Gasteiger partial charge in [0, 0.05) is 11.6 Å². The number of benzene rings is 2. The van der Waals surface area contributed by atoms with Crippen LogP contribution in [0.1, 0.15) is 28.9 Å². The normalized spacial score (nSPS) is 11.8.